The van der Waals surface area contributed by atoms with Gasteiger partial charge in [0.1, 0.15) is 0 Å². The summed E-state index contributed by atoms with van der Waals surface area (Å²) in [7, 11) is 1.42. The SMILES string of the molecule is CONC(=O)Cc1ccc(Br)cc1. The van der Waals surface area contributed by atoms with Crippen LogP contribution in [0, 0.1) is 0 Å². The lowest BCUT2D eigenvalue weighted by atomic mass is 10.1. The quantitative estimate of drug-likeness (QED) is 0.821. The van der Waals surface area contributed by atoms with Crippen LogP contribution in [-0.2, 0) is 16.1 Å². The Morgan fingerprint density at radius 1 is 1.46 bits per heavy atom. The Morgan fingerprint density at radius 3 is 2.62 bits per heavy atom. The molecule has 4 heteroatoms. The number of carbonyl (C=O) groups is 1. The van der Waals surface area contributed by atoms with Gasteiger partial charge >= 0.3 is 0 Å². The molecule has 0 spiro atoms. The summed E-state index contributed by atoms with van der Waals surface area (Å²) in [6.07, 6.45) is 0.334. The van der Waals surface area contributed by atoms with Crippen LogP contribution >= 0.6 is 15.9 Å². The highest BCUT2D eigenvalue weighted by Crippen LogP contribution is 2.10. The Balaban J connectivity index is 2.54. The average Bonchev–Trinajstić information content (AvgIpc) is 2.09. The number of rotatable bonds is 3. The van der Waals surface area contributed by atoms with Crippen LogP contribution in [0.1, 0.15) is 5.56 Å². The standard InChI is InChI=1S/C9H10BrNO2/c1-13-11-9(12)6-7-2-4-8(10)5-3-7/h2-5H,6H2,1H3,(H,11,12). The van der Waals surface area contributed by atoms with E-state index < -0.39 is 0 Å². The highest BCUT2D eigenvalue weighted by Gasteiger charge is 2.01. The summed E-state index contributed by atoms with van der Waals surface area (Å²) in [5.41, 5.74) is 3.21. The summed E-state index contributed by atoms with van der Waals surface area (Å²) in [5.74, 6) is -0.148. The molecule has 0 aliphatic heterocycles. The number of amides is 1. The van der Waals surface area contributed by atoms with Gasteiger partial charge in [0.25, 0.3) is 0 Å². The summed E-state index contributed by atoms with van der Waals surface area (Å²) in [4.78, 5) is 15.5. The monoisotopic (exact) mass is 243 g/mol. The maximum atomic E-state index is 11.0. The molecule has 0 unspecified atom stereocenters. The van der Waals surface area contributed by atoms with Crippen LogP contribution in [0.5, 0.6) is 0 Å². The highest BCUT2D eigenvalue weighted by molar-refractivity contribution is 9.10. The van der Waals surface area contributed by atoms with Crippen LogP contribution in [0.25, 0.3) is 0 Å². The van der Waals surface area contributed by atoms with Gasteiger partial charge in [-0.1, -0.05) is 28.1 Å². The van der Waals surface area contributed by atoms with Crippen LogP contribution in [0.3, 0.4) is 0 Å². The lowest BCUT2D eigenvalue weighted by molar-refractivity contribution is -0.130. The molecule has 1 rings (SSSR count). The Bertz CT molecular complexity index is 284. The minimum Gasteiger partial charge on any atom is -0.277 e. The minimum atomic E-state index is -0.148. The fourth-order valence-electron chi connectivity index (χ4n) is 0.938. The summed E-state index contributed by atoms with van der Waals surface area (Å²) >= 11 is 3.32. The molecule has 1 aromatic carbocycles. The number of hydrogen-bond acceptors (Lipinski definition) is 2. The van der Waals surface area contributed by atoms with Crippen molar-refractivity contribution in [2.75, 3.05) is 7.11 Å². The second-order valence-electron chi connectivity index (χ2n) is 2.53. The van der Waals surface area contributed by atoms with E-state index >= 15 is 0 Å². The first-order valence-corrected chi connectivity index (χ1v) is 4.58. The first-order chi connectivity index (χ1) is 6.22. The molecule has 13 heavy (non-hydrogen) atoms. The van der Waals surface area contributed by atoms with Crippen molar-refractivity contribution in [1.29, 1.82) is 0 Å². The van der Waals surface area contributed by atoms with Gasteiger partial charge in [0.2, 0.25) is 5.91 Å². The molecular formula is C9H10BrNO2. The normalized spacial score (nSPS) is 9.69. The molecular weight excluding hydrogens is 234 g/mol. The molecule has 3 nitrogen and oxygen atoms in total. The topological polar surface area (TPSA) is 38.3 Å². The second-order valence-corrected chi connectivity index (χ2v) is 3.45. The van der Waals surface area contributed by atoms with Gasteiger partial charge in [-0.25, -0.2) is 5.48 Å². The van der Waals surface area contributed by atoms with Gasteiger partial charge in [-0.15, -0.1) is 0 Å². The zero-order chi connectivity index (χ0) is 9.68. The molecule has 0 fully saturated rings. The third-order valence-electron chi connectivity index (χ3n) is 1.49. The maximum Gasteiger partial charge on any atom is 0.247 e. The molecule has 0 bridgehead atoms. The highest BCUT2D eigenvalue weighted by atomic mass is 79.9. The zero-order valence-electron chi connectivity index (χ0n) is 7.21. The van der Waals surface area contributed by atoms with Crippen LogP contribution in [-0.4, -0.2) is 13.0 Å². The Kier molecular flexibility index (Phi) is 3.92. The number of hydrogen-bond donors (Lipinski definition) is 1. The Hall–Kier alpha value is -0.870. The largest absolute Gasteiger partial charge is 0.277 e. The maximum absolute atomic E-state index is 11.0. The van der Waals surface area contributed by atoms with Crippen molar-refractivity contribution in [2.24, 2.45) is 0 Å². The van der Waals surface area contributed by atoms with E-state index in [1.165, 1.54) is 7.11 Å². The van der Waals surface area contributed by atoms with Gasteiger partial charge < -0.3 is 0 Å². The number of nitrogens with one attached hydrogen (secondary N) is 1. The molecule has 0 atom stereocenters. The van der Waals surface area contributed by atoms with Gasteiger partial charge in [-0.2, -0.15) is 0 Å². The summed E-state index contributed by atoms with van der Waals surface area (Å²) in [6.45, 7) is 0. The Labute approximate surface area is 85.2 Å². The number of hydroxylamine groups is 1. The molecule has 0 heterocycles. The predicted octanol–water partition coefficient (Wildman–Crippen LogP) is 1.67. The fourth-order valence-corrected chi connectivity index (χ4v) is 1.20. The van der Waals surface area contributed by atoms with Crippen molar-refractivity contribution in [2.45, 2.75) is 6.42 Å². The summed E-state index contributed by atoms with van der Waals surface area (Å²) in [6, 6.07) is 7.57. The van der Waals surface area contributed by atoms with Crippen molar-refractivity contribution in [3.63, 3.8) is 0 Å². The third kappa shape index (κ3) is 3.57. The smallest absolute Gasteiger partial charge is 0.247 e. The van der Waals surface area contributed by atoms with E-state index in [4.69, 9.17) is 0 Å². The van der Waals surface area contributed by atoms with Crippen LogP contribution < -0.4 is 5.48 Å². The zero-order valence-corrected chi connectivity index (χ0v) is 8.80. The van der Waals surface area contributed by atoms with Gasteiger partial charge in [-0.05, 0) is 17.7 Å². The number of carbonyl (C=O) groups excluding carboxylic acids is 1. The summed E-state index contributed by atoms with van der Waals surface area (Å²) < 4.78 is 1.00. The first kappa shape index (κ1) is 10.2. The molecule has 0 aromatic heterocycles. The van der Waals surface area contributed by atoms with Gasteiger partial charge in [0, 0.05) is 4.47 Å². The Morgan fingerprint density at radius 2 is 2.08 bits per heavy atom. The van der Waals surface area contributed by atoms with Gasteiger partial charge in [-0.3, -0.25) is 9.63 Å². The lowest BCUT2D eigenvalue weighted by Gasteiger charge is -2.01. The molecule has 0 saturated heterocycles. The number of benzene rings is 1. The molecule has 1 amide bonds. The molecule has 70 valence electrons. The van der Waals surface area contributed by atoms with E-state index in [-0.39, 0.29) is 5.91 Å². The van der Waals surface area contributed by atoms with Crippen LogP contribution in [0.15, 0.2) is 28.7 Å². The van der Waals surface area contributed by atoms with Crippen LogP contribution in [0.2, 0.25) is 0 Å². The van der Waals surface area contributed by atoms with Crippen molar-refractivity contribution >= 4 is 21.8 Å². The van der Waals surface area contributed by atoms with E-state index in [0.29, 0.717) is 6.42 Å². The molecule has 0 aliphatic rings. The predicted molar refractivity (Wildman–Crippen MR) is 53.0 cm³/mol. The van der Waals surface area contributed by atoms with Gasteiger partial charge in [0.05, 0.1) is 13.5 Å². The lowest BCUT2D eigenvalue weighted by Crippen LogP contribution is -2.23. The molecule has 0 aliphatic carbocycles. The molecule has 1 N–H and O–H groups in total. The summed E-state index contributed by atoms with van der Waals surface area (Å²) in [5, 5.41) is 0. The van der Waals surface area contributed by atoms with Crippen molar-refractivity contribution in [1.82, 2.24) is 5.48 Å². The molecule has 0 saturated carbocycles. The van der Waals surface area contributed by atoms with Crippen molar-refractivity contribution in [3.8, 4) is 0 Å². The first-order valence-electron chi connectivity index (χ1n) is 3.78. The minimum absolute atomic E-state index is 0.148. The van der Waals surface area contributed by atoms with Gasteiger partial charge in [0.15, 0.2) is 0 Å². The average molecular weight is 244 g/mol. The van der Waals surface area contributed by atoms with E-state index in [9.17, 15) is 4.79 Å². The fraction of sp³-hybridized carbons (Fsp3) is 0.222. The van der Waals surface area contributed by atoms with E-state index in [1.807, 2.05) is 24.3 Å². The van der Waals surface area contributed by atoms with Crippen molar-refractivity contribution in [3.05, 3.63) is 34.3 Å². The van der Waals surface area contributed by atoms with E-state index in [0.717, 1.165) is 10.0 Å². The van der Waals surface area contributed by atoms with Crippen molar-refractivity contribution < 1.29 is 9.63 Å². The van der Waals surface area contributed by atoms with E-state index in [2.05, 4.69) is 26.2 Å². The third-order valence-corrected chi connectivity index (χ3v) is 2.02. The van der Waals surface area contributed by atoms with E-state index in [1.54, 1.807) is 0 Å². The number of halogens is 1. The van der Waals surface area contributed by atoms with Crippen LogP contribution in [0.4, 0.5) is 0 Å². The second kappa shape index (κ2) is 4.99. The molecule has 1 aromatic rings. The molecule has 0 radical (unpaired) electrons.